The number of ether oxygens (including phenoxy) is 1. The third-order valence-corrected chi connectivity index (χ3v) is 3.26. The molecule has 1 amide bonds. The van der Waals surface area contributed by atoms with E-state index in [0.717, 1.165) is 21.9 Å². The van der Waals surface area contributed by atoms with Gasteiger partial charge in [0, 0.05) is 11.4 Å². The SMILES string of the molecule is Cc1cc(OCCCC(=O)NCC(=O)O)cc(C)c1Cl. The Labute approximate surface area is 122 Å². The van der Waals surface area contributed by atoms with E-state index in [1.165, 1.54) is 0 Å². The minimum atomic E-state index is -1.05. The highest BCUT2D eigenvalue weighted by molar-refractivity contribution is 6.32. The van der Waals surface area contributed by atoms with E-state index in [1.54, 1.807) is 0 Å². The molecule has 0 atom stereocenters. The molecule has 5 nitrogen and oxygen atoms in total. The number of amides is 1. The summed E-state index contributed by atoms with van der Waals surface area (Å²) < 4.78 is 5.54. The third kappa shape index (κ3) is 5.48. The van der Waals surface area contributed by atoms with Gasteiger partial charge in [-0.2, -0.15) is 0 Å². The van der Waals surface area contributed by atoms with Crippen LogP contribution in [0.4, 0.5) is 0 Å². The number of carboxylic acids is 1. The number of nitrogens with one attached hydrogen (secondary N) is 1. The van der Waals surface area contributed by atoms with Crippen LogP contribution in [0.15, 0.2) is 12.1 Å². The first-order chi connectivity index (χ1) is 9.40. The Bertz CT molecular complexity index is 479. The highest BCUT2D eigenvalue weighted by atomic mass is 35.5. The molecule has 0 saturated carbocycles. The number of rotatable bonds is 7. The molecular weight excluding hydrogens is 282 g/mol. The molecule has 0 aliphatic carbocycles. The number of hydrogen-bond acceptors (Lipinski definition) is 3. The second-order valence-corrected chi connectivity index (χ2v) is 4.87. The van der Waals surface area contributed by atoms with E-state index in [2.05, 4.69) is 5.32 Å². The average Bonchev–Trinajstić information content (AvgIpc) is 2.38. The normalized spacial score (nSPS) is 10.2. The number of aliphatic carboxylic acids is 1. The number of carbonyl (C=O) groups excluding carboxylic acids is 1. The fourth-order valence-electron chi connectivity index (χ4n) is 1.67. The second kappa shape index (κ2) is 7.75. The van der Waals surface area contributed by atoms with Gasteiger partial charge >= 0.3 is 5.97 Å². The molecule has 0 unspecified atom stereocenters. The topological polar surface area (TPSA) is 75.6 Å². The van der Waals surface area contributed by atoms with Gasteiger partial charge in [-0.1, -0.05) is 11.6 Å². The summed E-state index contributed by atoms with van der Waals surface area (Å²) >= 11 is 6.06. The first kappa shape index (κ1) is 16.3. The van der Waals surface area contributed by atoms with Crippen LogP contribution in [0.1, 0.15) is 24.0 Å². The van der Waals surface area contributed by atoms with Crippen LogP contribution in [0, 0.1) is 13.8 Å². The lowest BCUT2D eigenvalue weighted by atomic mass is 10.1. The molecule has 6 heteroatoms. The minimum Gasteiger partial charge on any atom is -0.494 e. The van der Waals surface area contributed by atoms with Crippen molar-refractivity contribution >= 4 is 23.5 Å². The van der Waals surface area contributed by atoms with Gasteiger partial charge in [-0.3, -0.25) is 9.59 Å². The van der Waals surface area contributed by atoms with Gasteiger partial charge < -0.3 is 15.2 Å². The van der Waals surface area contributed by atoms with Crippen molar-refractivity contribution in [2.75, 3.05) is 13.2 Å². The standard InChI is InChI=1S/C14H18ClNO4/c1-9-6-11(7-10(2)14(9)15)20-5-3-4-12(17)16-8-13(18)19/h6-7H,3-5,8H2,1-2H3,(H,16,17)(H,18,19). The van der Waals surface area contributed by atoms with E-state index in [9.17, 15) is 9.59 Å². The van der Waals surface area contributed by atoms with Crippen molar-refractivity contribution in [1.29, 1.82) is 0 Å². The number of aryl methyl sites for hydroxylation is 2. The maximum atomic E-state index is 11.3. The molecule has 2 N–H and O–H groups in total. The van der Waals surface area contributed by atoms with Crippen molar-refractivity contribution in [2.24, 2.45) is 0 Å². The molecule has 0 fully saturated rings. The van der Waals surface area contributed by atoms with Crippen LogP contribution < -0.4 is 10.1 Å². The van der Waals surface area contributed by atoms with Gasteiger partial charge in [0.05, 0.1) is 6.61 Å². The van der Waals surface area contributed by atoms with Crippen molar-refractivity contribution in [2.45, 2.75) is 26.7 Å². The molecular formula is C14H18ClNO4. The molecule has 20 heavy (non-hydrogen) atoms. The van der Waals surface area contributed by atoms with Crippen LogP contribution in [-0.4, -0.2) is 30.1 Å². The van der Waals surface area contributed by atoms with Gasteiger partial charge in [0.25, 0.3) is 0 Å². The predicted octanol–water partition coefficient (Wildman–Crippen LogP) is 2.32. The van der Waals surface area contributed by atoms with Crippen LogP contribution in [0.25, 0.3) is 0 Å². The van der Waals surface area contributed by atoms with Gasteiger partial charge in [0.1, 0.15) is 12.3 Å². The fraction of sp³-hybridized carbons (Fsp3) is 0.429. The summed E-state index contributed by atoms with van der Waals surface area (Å²) in [5.41, 5.74) is 1.89. The van der Waals surface area contributed by atoms with Crippen LogP contribution in [0.2, 0.25) is 5.02 Å². The van der Waals surface area contributed by atoms with Crippen molar-refractivity contribution < 1.29 is 19.4 Å². The summed E-state index contributed by atoms with van der Waals surface area (Å²) in [6.45, 7) is 3.85. The summed E-state index contributed by atoms with van der Waals surface area (Å²) in [7, 11) is 0. The quantitative estimate of drug-likeness (QED) is 0.758. The Morgan fingerprint density at radius 3 is 2.45 bits per heavy atom. The monoisotopic (exact) mass is 299 g/mol. The molecule has 0 saturated heterocycles. The first-order valence-electron chi connectivity index (χ1n) is 6.28. The predicted molar refractivity (Wildman–Crippen MR) is 76.3 cm³/mol. The van der Waals surface area contributed by atoms with Crippen molar-refractivity contribution in [3.8, 4) is 5.75 Å². The highest BCUT2D eigenvalue weighted by Crippen LogP contribution is 2.25. The third-order valence-electron chi connectivity index (χ3n) is 2.66. The number of hydrogen-bond donors (Lipinski definition) is 2. The Hall–Kier alpha value is -1.75. The molecule has 1 aromatic rings. The van der Waals surface area contributed by atoms with Crippen LogP contribution in [0.5, 0.6) is 5.75 Å². The number of benzene rings is 1. The lowest BCUT2D eigenvalue weighted by molar-refractivity contribution is -0.137. The van der Waals surface area contributed by atoms with E-state index in [4.69, 9.17) is 21.4 Å². The minimum absolute atomic E-state index is 0.235. The maximum absolute atomic E-state index is 11.3. The lowest BCUT2D eigenvalue weighted by Crippen LogP contribution is -2.29. The molecule has 0 aromatic heterocycles. The highest BCUT2D eigenvalue weighted by Gasteiger charge is 2.05. The summed E-state index contributed by atoms with van der Waals surface area (Å²) in [5.74, 6) is -0.628. The molecule has 1 rings (SSSR count). The van der Waals surface area contributed by atoms with Gasteiger partial charge in [-0.05, 0) is 43.5 Å². The molecule has 0 bridgehead atoms. The molecule has 0 aliphatic heterocycles. The van der Waals surface area contributed by atoms with Gasteiger partial charge in [-0.15, -0.1) is 0 Å². The molecule has 110 valence electrons. The number of carboxylic acid groups (broad SMARTS) is 1. The zero-order chi connectivity index (χ0) is 15.1. The number of carbonyl (C=O) groups is 2. The zero-order valence-electron chi connectivity index (χ0n) is 11.5. The van der Waals surface area contributed by atoms with Gasteiger partial charge in [0.2, 0.25) is 5.91 Å². The molecule has 0 aliphatic rings. The van der Waals surface area contributed by atoms with E-state index >= 15 is 0 Å². The van der Waals surface area contributed by atoms with Gasteiger partial charge in [-0.25, -0.2) is 0 Å². The smallest absolute Gasteiger partial charge is 0.322 e. The number of halogens is 1. The lowest BCUT2D eigenvalue weighted by Gasteiger charge is -2.10. The van der Waals surface area contributed by atoms with E-state index in [0.29, 0.717) is 13.0 Å². The van der Waals surface area contributed by atoms with E-state index in [1.807, 2.05) is 26.0 Å². The Morgan fingerprint density at radius 2 is 1.90 bits per heavy atom. The maximum Gasteiger partial charge on any atom is 0.322 e. The Morgan fingerprint density at radius 1 is 1.30 bits per heavy atom. The second-order valence-electron chi connectivity index (χ2n) is 4.49. The fourth-order valence-corrected chi connectivity index (χ4v) is 1.78. The van der Waals surface area contributed by atoms with Crippen molar-refractivity contribution in [3.63, 3.8) is 0 Å². The van der Waals surface area contributed by atoms with Crippen LogP contribution in [0.3, 0.4) is 0 Å². The summed E-state index contributed by atoms with van der Waals surface area (Å²) in [6, 6.07) is 3.69. The average molecular weight is 300 g/mol. The van der Waals surface area contributed by atoms with E-state index < -0.39 is 5.97 Å². The van der Waals surface area contributed by atoms with Gasteiger partial charge in [0.15, 0.2) is 0 Å². The van der Waals surface area contributed by atoms with Crippen LogP contribution in [-0.2, 0) is 9.59 Å². The van der Waals surface area contributed by atoms with Crippen molar-refractivity contribution in [1.82, 2.24) is 5.32 Å². The first-order valence-corrected chi connectivity index (χ1v) is 6.66. The largest absolute Gasteiger partial charge is 0.494 e. The summed E-state index contributed by atoms with van der Waals surface area (Å²) in [5, 5.41) is 11.4. The molecule has 0 heterocycles. The molecule has 1 aromatic carbocycles. The zero-order valence-corrected chi connectivity index (χ0v) is 12.3. The summed E-state index contributed by atoms with van der Waals surface area (Å²) in [6.07, 6.45) is 0.755. The Kier molecular flexibility index (Phi) is 6.31. The Balaban J connectivity index is 2.31. The van der Waals surface area contributed by atoms with Crippen LogP contribution >= 0.6 is 11.6 Å². The van der Waals surface area contributed by atoms with Crippen molar-refractivity contribution in [3.05, 3.63) is 28.3 Å². The molecule has 0 spiro atoms. The molecule has 0 radical (unpaired) electrons. The summed E-state index contributed by atoms with van der Waals surface area (Å²) in [4.78, 5) is 21.5. The van der Waals surface area contributed by atoms with E-state index in [-0.39, 0.29) is 18.9 Å².